The maximum atomic E-state index is 12.2. The van der Waals surface area contributed by atoms with E-state index in [-0.39, 0.29) is 26.3 Å². The van der Waals surface area contributed by atoms with Crippen LogP contribution in [0.2, 0.25) is 4.34 Å². The molecule has 21 heavy (non-hydrogen) atoms. The number of sulfonamides is 1. The Labute approximate surface area is 132 Å². The van der Waals surface area contributed by atoms with Gasteiger partial charge in [-0.3, -0.25) is 10.1 Å². The number of likely N-dealkylation sites (N-methyl/N-ethyl adjacent to an activating group) is 1. The molecule has 1 heterocycles. The molecule has 118 valence electrons. The zero-order valence-corrected chi connectivity index (χ0v) is 14.0. The lowest BCUT2D eigenvalue weighted by molar-refractivity contribution is -0.384. The largest absolute Gasteiger partial charge is 0.302 e. The Kier molecular flexibility index (Phi) is 4.60. The van der Waals surface area contributed by atoms with Crippen LogP contribution in [0.1, 0.15) is 19.3 Å². The van der Waals surface area contributed by atoms with E-state index in [2.05, 4.69) is 4.72 Å². The first-order valence-corrected chi connectivity index (χ1v) is 8.96. The molecular weight excluding hydrogens is 338 g/mol. The van der Waals surface area contributed by atoms with E-state index in [9.17, 15) is 18.5 Å². The van der Waals surface area contributed by atoms with Gasteiger partial charge in [-0.15, -0.1) is 11.3 Å². The fourth-order valence-corrected chi connectivity index (χ4v) is 5.09. The maximum absolute atomic E-state index is 12.2. The summed E-state index contributed by atoms with van der Waals surface area (Å²) >= 11 is 6.40. The maximum Gasteiger partial charge on any atom is 0.300 e. The number of halogens is 1. The number of thiophene rings is 1. The minimum absolute atomic E-state index is 0.132. The van der Waals surface area contributed by atoms with Gasteiger partial charge in [-0.05, 0) is 33.4 Å². The van der Waals surface area contributed by atoms with Crippen molar-refractivity contribution in [1.82, 2.24) is 9.62 Å². The summed E-state index contributed by atoms with van der Waals surface area (Å²) in [5.74, 6) is 0. The highest BCUT2D eigenvalue weighted by Gasteiger charge is 2.40. The van der Waals surface area contributed by atoms with Gasteiger partial charge < -0.3 is 4.90 Å². The zero-order valence-electron chi connectivity index (χ0n) is 11.6. The van der Waals surface area contributed by atoms with Crippen LogP contribution < -0.4 is 4.72 Å². The normalized spacial score (nSPS) is 17.7. The van der Waals surface area contributed by atoms with Gasteiger partial charge in [0.1, 0.15) is 4.21 Å². The molecule has 1 aliphatic rings. The van der Waals surface area contributed by atoms with Crippen LogP contribution in [0.5, 0.6) is 0 Å². The van der Waals surface area contributed by atoms with Crippen molar-refractivity contribution in [3.05, 3.63) is 20.5 Å². The second-order valence-corrected chi connectivity index (χ2v) is 8.93. The molecule has 1 fully saturated rings. The molecule has 0 aromatic carbocycles. The molecule has 0 amide bonds. The molecule has 1 N–H and O–H groups in total. The lowest BCUT2D eigenvalue weighted by atomic mass is 9.76. The van der Waals surface area contributed by atoms with Gasteiger partial charge in [0.2, 0.25) is 10.0 Å². The van der Waals surface area contributed by atoms with Crippen molar-refractivity contribution in [2.45, 2.75) is 29.0 Å². The smallest absolute Gasteiger partial charge is 0.300 e. The predicted octanol–water partition coefficient (Wildman–Crippen LogP) is 2.07. The van der Waals surface area contributed by atoms with Crippen LogP contribution in [0, 0.1) is 10.1 Å². The first-order valence-electron chi connectivity index (χ1n) is 6.29. The van der Waals surface area contributed by atoms with Gasteiger partial charge in [-0.25, -0.2) is 13.1 Å². The standard InChI is InChI=1S/C11H16ClN3O4S2/c1-14(2)11(4-3-5-11)7-13-21(18,19)9-6-8(15(16)17)10(12)20-9/h6,13H,3-5,7H2,1-2H3. The molecule has 0 bridgehead atoms. The van der Waals surface area contributed by atoms with Crippen molar-refractivity contribution >= 4 is 38.6 Å². The van der Waals surface area contributed by atoms with Crippen molar-refractivity contribution in [3.63, 3.8) is 0 Å². The Balaban J connectivity index is 2.15. The highest BCUT2D eigenvalue weighted by atomic mass is 35.5. The van der Waals surface area contributed by atoms with Gasteiger partial charge in [0, 0.05) is 18.2 Å². The van der Waals surface area contributed by atoms with E-state index in [1.165, 1.54) is 0 Å². The number of nitrogens with zero attached hydrogens (tertiary/aromatic N) is 2. The highest BCUT2D eigenvalue weighted by Crippen LogP contribution is 2.38. The predicted molar refractivity (Wildman–Crippen MR) is 81.4 cm³/mol. The topological polar surface area (TPSA) is 92.6 Å². The fourth-order valence-electron chi connectivity index (χ4n) is 2.26. The van der Waals surface area contributed by atoms with Crippen LogP contribution >= 0.6 is 22.9 Å². The van der Waals surface area contributed by atoms with E-state index in [1.807, 2.05) is 19.0 Å². The SMILES string of the molecule is CN(C)C1(CNS(=O)(=O)c2cc([N+](=O)[O-])c(Cl)s2)CCC1. The van der Waals surface area contributed by atoms with Crippen LogP contribution in [0.3, 0.4) is 0 Å². The molecular formula is C11H16ClN3O4S2. The molecule has 0 saturated heterocycles. The lowest BCUT2D eigenvalue weighted by Gasteiger charge is -2.47. The third-order valence-electron chi connectivity index (χ3n) is 3.93. The van der Waals surface area contributed by atoms with Crippen LogP contribution in [-0.4, -0.2) is 44.4 Å². The van der Waals surface area contributed by atoms with Gasteiger partial charge >= 0.3 is 0 Å². The van der Waals surface area contributed by atoms with E-state index < -0.39 is 14.9 Å². The van der Waals surface area contributed by atoms with Crippen LogP contribution in [0.4, 0.5) is 5.69 Å². The second kappa shape index (κ2) is 5.81. The van der Waals surface area contributed by atoms with Crippen molar-refractivity contribution in [1.29, 1.82) is 0 Å². The van der Waals surface area contributed by atoms with Gasteiger partial charge in [-0.1, -0.05) is 11.6 Å². The van der Waals surface area contributed by atoms with Gasteiger partial charge in [-0.2, -0.15) is 0 Å². The first kappa shape index (κ1) is 16.6. The highest BCUT2D eigenvalue weighted by molar-refractivity contribution is 7.91. The summed E-state index contributed by atoms with van der Waals surface area (Å²) in [6.07, 6.45) is 2.91. The lowest BCUT2D eigenvalue weighted by Crippen LogP contribution is -2.57. The Morgan fingerprint density at radius 1 is 1.52 bits per heavy atom. The van der Waals surface area contributed by atoms with E-state index in [0.29, 0.717) is 11.3 Å². The van der Waals surface area contributed by atoms with E-state index in [4.69, 9.17) is 11.6 Å². The number of hydrogen-bond acceptors (Lipinski definition) is 6. The minimum Gasteiger partial charge on any atom is -0.302 e. The number of nitrogens with one attached hydrogen (secondary N) is 1. The molecule has 0 aliphatic heterocycles. The van der Waals surface area contributed by atoms with Gasteiger partial charge in [0.25, 0.3) is 5.69 Å². The van der Waals surface area contributed by atoms with Gasteiger partial charge in [0.15, 0.2) is 4.34 Å². The summed E-state index contributed by atoms with van der Waals surface area (Å²) in [6.45, 7) is 0.283. The number of rotatable bonds is 6. The first-order chi connectivity index (χ1) is 9.68. The Bertz CT molecular complexity index is 652. The quantitative estimate of drug-likeness (QED) is 0.624. The number of nitro groups is 1. The Morgan fingerprint density at radius 3 is 2.52 bits per heavy atom. The molecule has 0 atom stereocenters. The van der Waals surface area contributed by atoms with Crippen molar-refractivity contribution in [2.24, 2.45) is 0 Å². The summed E-state index contributed by atoms with van der Waals surface area (Å²) < 4.78 is 26.7. The van der Waals surface area contributed by atoms with E-state index >= 15 is 0 Å². The molecule has 0 unspecified atom stereocenters. The van der Waals surface area contributed by atoms with Crippen molar-refractivity contribution < 1.29 is 13.3 Å². The number of hydrogen-bond donors (Lipinski definition) is 1. The Morgan fingerprint density at radius 2 is 2.14 bits per heavy atom. The van der Waals surface area contributed by atoms with Crippen LogP contribution in [0.25, 0.3) is 0 Å². The van der Waals surface area contributed by atoms with Crippen LogP contribution in [-0.2, 0) is 10.0 Å². The summed E-state index contributed by atoms with van der Waals surface area (Å²) in [5.41, 5.74) is -0.548. The molecule has 0 radical (unpaired) electrons. The van der Waals surface area contributed by atoms with Gasteiger partial charge in [0.05, 0.1) is 4.92 Å². The summed E-state index contributed by atoms with van der Waals surface area (Å²) in [5, 5.41) is 10.7. The fraction of sp³-hybridized carbons (Fsp3) is 0.636. The van der Waals surface area contributed by atoms with Crippen molar-refractivity contribution in [3.8, 4) is 0 Å². The average Bonchev–Trinajstić information content (AvgIpc) is 2.70. The van der Waals surface area contributed by atoms with E-state index in [0.717, 1.165) is 25.3 Å². The summed E-state index contributed by atoms with van der Waals surface area (Å²) in [7, 11) is 0.0485. The van der Waals surface area contributed by atoms with E-state index in [1.54, 1.807) is 0 Å². The monoisotopic (exact) mass is 353 g/mol. The molecule has 0 spiro atoms. The summed E-state index contributed by atoms with van der Waals surface area (Å²) in [4.78, 5) is 12.1. The van der Waals surface area contributed by atoms with Crippen molar-refractivity contribution in [2.75, 3.05) is 20.6 Å². The molecule has 1 aromatic heterocycles. The molecule has 1 aliphatic carbocycles. The molecule has 1 saturated carbocycles. The molecule has 2 rings (SSSR count). The Hall–Kier alpha value is -0.740. The third-order valence-corrected chi connectivity index (χ3v) is 7.14. The average molecular weight is 354 g/mol. The summed E-state index contributed by atoms with van der Waals surface area (Å²) in [6, 6.07) is 0.998. The third kappa shape index (κ3) is 3.21. The molecule has 10 heteroatoms. The minimum atomic E-state index is -3.79. The second-order valence-electron chi connectivity index (χ2n) is 5.28. The molecule has 7 nitrogen and oxygen atoms in total. The zero-order chi connectivity index (χ0) is 15.8. The van der Waals surface area contributed by atoms with Crippen LogP contribution in [0.15, 0.2) is 10.3 Å². The molecule has 1 aromatic rings.